The number of piperidine rings is 1. The molecular weight excluding hydrogens is 480 g/mol. The van der Waals surface area contributed by atoms with E-state index in [1.165, 1.54) is 6.07 Å². The van der Waals surface area contributed by atoms with Gasteiger partial charge in [0, 0.05) is 44.3 Å². The lowest BCUT2D eigenvalue weighted by atomic mass is 9.84. The second-order valence-corrected chi connectivity index (χ2v) is 7.91. The van der Waals surface area contributed by atoms with E-state index < -0.39 is 0 Å². The van der Waals surface area contributed by atoms with E-state index in [0.29, 0.717) is 12.6 Å². The zero-order valence-corrected chi connectivity index (χ0v) is 19.7. The molecule has 2 N–H and O–H groups in total. The number of rotatable bonds is 5. The normalized spacial score (nSPS) is 15.6. The predicted octanol–water partition coefficient (Wildman–Crippen LogP) is 3.95. The maximum Gasteiger partial charge on any atom is 0.191 e. The standard InChI is InChI=1S/C22H30FN5.HI/c1-22(2,17-7-6-8-18(23)15-17)16-26-21(24-3)27-19-10-13-28(14-11-19)20-9-4-5-12-25-20;/h4-9,12,15,19H,10-11,13-14,16H2,1-3H3,(H2,24,26,27);1H. The summed E-state index contributed by atoms with van der Waals surface area (Å²) in [7, 11) is 1.79. The molecule has 1 aromatic heterocycles. The zero-order valence-electron chi connectivity index (χ0n) is 17.4. The van der Waals surface area contributed by atoms with Crippen molar-refractivity contribution in [3.63, 3.8) is 0 Å². The lowest BCUT2D eigenvalue weighted by molar-refractivity contribution is 0.452. The fourth-order valence-corrected chi connectivity index (χ4v) is 3.50. The topological polar surface area (TPSA) is 52.6 Å². The molecule has 0 saturated carbocycles. The Bertz CT molecular complexity index is 789. The van der Waals surface area contributed by atoms with Crippen LogP contribution in [-0.2, 0) is 5.41 Å². The number of aliphatic imine (C=N–C) groups is 1. The van der Waals surface area contributed by atoms with Crippen molar-refractivity contribution in [3.8, 4) is 0 Å². The van der Waals surface area contributed by atoms with Crippen LogP contribution in [0.2, 0.25) is 0 Å². The minimum absolute atomic E-state index is 0. The van der Waals surface area contributed by atoms with Gasteiger partial charge in [0.1, 0.15) is 11.6 Å². The molecule has 2 heterocycles. The summed E-state index contributed by atoms with van der Waals surface area (Å²) >= 11 is 0. The number of pyridine rings is 1. The van der Waals surface area contributed by atoms with E-state index in [4.69, 9.17) is 0 Å². The van der Waals surface area contributed by atoms with Gasteiger partial charge in [0.25, 0.3) is 0 Å². The number of nitrogens with one attached hydrogen (secondary N) is 2. The summed E-state index contributed by atoms with van der Waals surface area (Å²) in [6.07, 6.45) is 3.90. The van der Waals surface area contributed by atoms with E-state index in [0.717, 1.165) is 43.3 Å². The van der Waals surface area contributed by atoms with E-state index in [9.17, 15) is 4.39 Å². The molecule has 1 aliphatic rings. The van der Waals surface area contributed by atoms with Crippen molar-refractivity contribution in [1.82, 2.24) is 15.6 Å². The third-order valence-corrected chi connectivity index (χ3v) is 5.34. The van der Waals surface area contributed by atoms with Gasteiger partial charge < -0.3 is 15.5 Å². The van der Waals surface area contributed by atoms with Crippen molar-refractivity contribution in [2.24, 2.45) is 4.99 Å². The maximum atomic E-state index is 13.6. The third kappa shape index (κ3) is 6.55. The Morgan fingerprint density at radius 2 is 1.97 bits per heavy atom. The second kappa shape index (κ2) is 10.8. The molecule has 0 atom stereocenters. The Hall–Kier alpha value is -1.90. The minimum atomic E-state index is -0.206. The molecule has 158 valence electrons. The highest BCUT2D eigenvalue weighted by Crippen LogP contribution is 2.23. The van der Waals surface area contributed by atoms with Gasteiger partial charge in [-0.15, -0.1) is 24.0 Å². The fraction of sp³-hybridized carbons (Fsp3) is 0.455. The zero-order chi connectivity index (χ0) is 20.0. The second-order valence-electron chi connectivity index (χ2n) is 7.91. The summed E-state index contributed by atoms with van der Waals surface area (Å²) in [5, 5.41) is 6.94. The van der Waals surface area contributed by atoms with Crippen LogP contribution in [0.3, 0.4) is 0 Å². The molecule has 7 heteroatoms. The Morgan fingerprint density at radius 1 is 1.21 bits per heavy atom. The number of benzene rings is 1. The molecule has 2 aromatic rings. The van der Waals surface area contributed by atoms with E-state index in [1.807, 2.05) is 24.4 Å². The molecule has 0 unspecified atom stereocenters. The number of halogens is 2. The largest absolute Gasteiger partial charge is 0.356 e. The van der Waals surface area contributed by atoms with Gasteiger partial charge >= 0.3 is 0 Å². The van der Waals surface area contributed by atoms with Gasteiger partial charge in [-0.25, -0.2) is 9.37 Å². The monoisotopic (exact) mass is 511 g/mol. The highest BCUT2D eigenvalue weighted by atomic mass is 127. The van der Waals surface area contributed by atoms with Crippen LogP contribution in [0.25, 0.3) is 0 Å². The Kier molecular flexibility index (Phi) is 8.67. The van der Waals surface area contributed by atoms with Crippen molar-refractivity contribution in [2.75, 3.05) is 31.6 Å². The average Bonchev–Trinajstić information content (AvgIpc) is 2.72. The van der Waals surface area contributed by atoms with Crippen LogP contribution in [0.5, 0.6) is 0 Å². The smallest absolute Gasteiger partial charge is 0.191 e. The molecular formula is C22H31FIN5. The van der Waals surface area contributed by atoms with E-state index in [2.05, 4.69) is 45.4 Å². The number of anilines is 1. The molecule has 29 heavy (non-hydrogen) atoms. The summed E-state index contributed by atoms with van der Waals surface area (Å²) in [6, 6.07) is 13.2. The van der Waals surface area contributed by atoms with Gasteiger partial charge in [-0.1, -0.05) is 32.0 Å². The maximum absolute atomic E-state index is 13.6. The van der Waals surface area contributed by atoms with Gasteiger partial charge in [-0.3, -0.25) is 4.99 Å². The van der Waals surface area contributed by atoms with Gasteiger partial charge in [-0.2, -0.15) is 0 Å². The average molecular weight is 511 g/mol. The molecule has 1 aromatic carbocycles. The lowest BCUT2D eigenvalue weighted by Gasteiger charge is -2.34. The van der Waals surface area contributed by atoms with E-state index in [1.54, 1.807) is 19.2 Å². The van der Waals surface area contributed by atoms with Crippen molar-refractivity contribution in [2.45, 2.75) is 38.1 Å². The summed E-state index contributed by atoms with van der Waals surface area (Å²) in [4.78, 5) is 11.1. The third-order valence-electron chi connectivity index (χ3n) is 5.34. The molecule has 0 spiro atoms. The first-order valence-electron chi connectivity index (χ1n) is 9.87. The van der Waals surface area contributed by atoms with Gasteiger partial charge in [0.05, 0.1) is 0 Å². The van der Waals surface area contributed by atoms with Gasteiger partial charge in [0.15, 0.2) is 5.96 Å². The molecule has 1 fully saturated rings. The quantitative estimate of drug-likeness (QED) is 0.363. The fourth-order valence-electron chi connectivity index (χ4n) is 3.50. The summed E-state index contributed by atoms with van der Waals surface area (Å²) in [5.41, 5.74) is 0.765. The Labute approximate surface area is 190 Å². The molecule has 3 rings (SSSR count). The molecule has 1 aliphatic heterocycles. The summed E-state index contributed by atoms with van der Waals surface area (Å²) in [5.74, 6) is 1.63. The first-order valence-corrected chi connectivity index (χ1v) is 9.87. The van der Waals surface area contributed by atoms with Crippen molar-refractivity contribution in [1.29, 1.82) is 0 Å². The number of guanidine groups is 1. The van der Waals surface area contributed by atoms with Crippen LogP contribution in [0, 0.1) is 5.82 Å². The predicted molar refractivity (Wildman–Crippen MR) is 129 cm³/mol. The highest BCUT2D eigenvalue weighted by molar-refractivity contribution is 14.0. The summed E-state index contributed by atoms with van der Waals surface area (Å²) in [6.45, 7) is 6.82. The minimum Gasteiger partial charge on any atom is -0.356 e. The molecule has 1 saturated heterocycles. The Balaban J connectivity index is 0.00000300. The SMILES string of the molecule is CN=C(NCC(C)(C)c1cccc(F)c1)NC1CCN(c2ccccn2)CC1.I. The number of hydrogen-bond donors (Lipinski definition) is 2. The molecule has 0 bridgehead atoms. The first-order chi connectivity index (χ1) is 13.5. The highest BCUT2D eigenvalue weighted by Gasteiger charge is 2.24. The van der Waals surface area contributed by atoms with Crippen molar-refractivity contribution >= 4 is 35.8 Å². The molecule has 0 aliphatic carbocycles. The van der Waals surface area contributed by atoms with E-state index >= 15 is 0 Å². The van der Waals surface area contributed by atoms with Crippen LogP contribution < -0.4 is 15.5 Å². The van der Waals surface area contributed by atoms with E-state index in [-0.39, 0.29) is 35.2 Å². The summed E-state index contributed by atoms with van der Waals surface area (Å²) < 4.78 is 13.6. The number of aromatic nitrogens is 1. The molecule has 5 nitrogen and oxygen atoms in total. The molecule has 0 amide bonds. The Morgan fingerprint density at radius 3 is 2.59 bits per heavy atom. The molecule has 0 radical (unpaired) electrons. The number of hydrogen-bond acceptors (Lipinski definition) is 3. The van der Waals surface area contributed by atoms with Crippen LogP contribution in [0.4, 0.5) is 10.2 Å². The van der Waals surface area contributed by atoms with Crippen LogP contribution in [-0.4, -0.2) is 43.7 Å². The number of nitrogens with zero attached hydrogens (tertiary/aromatic N) is 3. The van der Waals surface area contributed by atoms with Crippen molar-refractivity contribution in [3.05, 3.63) is 60.0 Å². The van der Waals surface area contributed by atoms with Crippen LogP contribution in [0.15, 0.2) is 53.7 Å². The van der Waals surface area contributed by atoms with Crippen LogP contribution >= 0.6 is 24.0 Å². The van der Waals surface area contributed by atoms with Crippen LogP contribution in [0.1, 0.15) is 32.3 Å². The van der Waals surface area contributed by atoms with Gasteiger partial charge in [0.2, 0.25) is 0 Å². The van der Waals surface area contributed by atoms with Crippen molar-refractivity contribution < 1.29 is 4.39 Å². The lowest BCUT2D eigenvalue weighted by Crippen LogP contribution is -2.50. The first kappa shape index (κ1) is 23.4. The van der Waals surface area contributed by atoms with Gasteiger partial charge in [-0.05, 0) is 42.7 Å².